The summed E-state index contributed by atoms with van der Waals surface area (Å²) >= 11 is 0. The van der Waals surface area contributed by atoms with Gasteiger partial charge in [-0.3, -0.25) is 4.79 Å². The van der Waals surface area contributed by atoms with E-state index in [9.17, 15) is 19.5 Å². The van der Waals surface area contributed by atoms with Crippen molar-refractivity contribution in [3.63, 3.8) is 0 Å². The van der Waals surface area contributed by atoms with Crippen LogP contribution < -0.4 is 10.6 Å². The lowest BCUT2D eigenvalue weighted by Crippen LogP contribution is -2.52. The fourth-order valence-corrected chi connectivity index (χ4v) is 3.74. The molecule has 2 atom stereocenters. The summed E-state index contributed by atoms with van der Waals surface area (Å²) in [6.45, 7) is 1.64. The van der Waals surface area contributed by atoms with E-state index < -0.39 is 23.9 Å². The van der Waals surface area contributed by atoms with Crippen LogP contribution in [0, 0.1) is 6.92 Å². The lowest BCUT2D eigenvalue weighted by atomic mass is 9.90. The minimum Gasteiger partial charge on any atom is -0.480 e. The molecule has 2 unspecified atom stereocenters. The predicted molar refractivity (Wildman–Crippen MR) is 110 cm³/mol. The molecule has 1 aliphatic rings. The van der Waals surface area contributed by atoms with Gasteiger partial charge in [-0.15, -0.1) is 0 Å². The lowest BCUT2D eigenvalue weighted by Gasteiger charge is -2.40. The number of aryl methyl sites for hydroxylation is 1. The third-order valence-corrected chi connectivity index (χ3v) is 5.06. The number of nitrogens with one attached hydrogen (secondary N) is 2. The van der Waals surface area contributed by atoms with Gasteiger partial charge in [-0.2, -0.15) is 0 Å². The largest absolute Gasteiger partial charge is 0.480 e. The molecule has 2 aromatic rings. The van der Waals surface area contributed by atoms with E-state index in [-0.39, 0.29) is 12.6 Å². The number of amides is 3. The molecule has 3 amide bonds. The number of piperidine rings is 1. The van der Waals surface area contributed by atoms with Crippen LogP contribution in [0.5, 0.6) is 0 Å². The second-order valence-electron chi connectivity index (χ2n) is 7.19. The number of rotatable bonds is 5. The van der Waals surface area contributed by atoms with Crippen molar-refractivity contribution in [1.82, 2.24) is 10.2 Å². The number of hydrogen-bond donors (Lipinski definition) is 3. The number of hydrogen-bond acceptors (Lipinski definition) is 3. The van der Waals surface area contributed by atoms with E-state index in [0.717, 1.165) is 17.5 Å². The second-order valence-corrected chi connectivity index (χ2v) is 7.19. The van der Waals surface area contributed by atoms with Gasteiger partial charge in [-0.05, 0) is 49.4 Å². The van der Waals surface area contributed by atoms with Crippen LogP contribution in [-0.2, 0) is 9.59 Å². The van der Waals surface area contributed by atoms with Crippen molar-refractivity contribution in [1.29, 1.82) is 0 Å². The molecule has 29 heavy (non-hydrogen) atoms. The highest BCUT2D eigenvalue weighted by molar-refractivity contribution is 5.93. The molecule has 0 bridgehead atoms. The fourth-order valence-electron chi connectivity index (χ4n) is 3.74. The maximum atomic E-state index is 12.9. The van der Waals surface area contributed by atoms with Crippen molar-refractivity contribution in [2.45, 2.75) is 38.3 Å². The van der Waals surface area contributed by atoms with Gasteiger partial charge in [0, 0.05) is 5.69 Å². The van der Waals surface area contributed by atoms with Crippen molar-refractivity contribution in [3.8, 4) is 0 Å². The Balaban J connectivity index is 1.69. The van der Waals surface area contributed by atoms with Crippen molar-refractivity contribution in [2.75, 3.05) is 11.9 Å². The molecular weight excluding hydrogens is 370 g/mol. The van der Waals surface area contributed by atoms with Crippen molar-refractivity contribution < 1.29 is 19.5 Å². The molecule has 1 aliphatic heterocycles. The van der Waals surface area contributed by atoms with Crippen LogP contribution in [0.3, 0.4) is 0 Å². The molecule has 3 rings (SSSR count). The Hall–Kier alpha value is -3.35. The molecule has 0 aliphatic carbocycles. The summed E-state index contributed by atoms with van der Waals surface area (Å²) in [6.07, 6.45) is 1.82. The van der Waals surface area contributed by atoms with Crippen LogP contribution in [0.1, 0.15) is 36.4 Å². The number of carbonyl (C=O) groups excluding carboxylic acids is 2. The Bertz CT molecular complexity index is 885. The number of benzene rings is 2. The number of likely N-dealkylation sites (tertiary alicyclic amines) is 1. The number of carbonyl (C=O) groups is 3. The van der Waals surface area contributed by atoms with Crippen LogP contribution in [0.2, 0.25) is 0 Å². The number of carboxylic acid groups (broad SMARTS) is 1. The zero-order chi connectivity index (χ0) is 20.8. The highest BCUT2D eigenvalue weighted by Crippen LogP contribution is 2.34. The normalized spacial score (nSPS) is 18.7. The molecule has 1 heterocycles. The SMILES string of the molecule is Cc1cccc(NC(=O)NCC(=O)N2C(C(=O)O)CCCC2c2ccccc2)c1. The highest BCUT2D eigenvalue weighted by atomic mass is 16.4. The third-order valence-electron chi connectivity index (χ3n) is 5.06. The Kier molecular flexibility index (Phi) is 6.49. The van der Waals surface area contributed by atoms with Crippen molar-refractivity contribution in [2.24, 2.45) is 0 Å². The van der Waals surface area contributed by atoms with Gasteiger partial charge in [0.15, 0.2) is 0 Å². The first-order valence-electron chi connectivity index (χ1n) is 9.66. The Morgan fingerprint density at radius 2 is 1.83 bits per heavy atom. The Labute approximate surface area is 169 Å². The molecule has 0 saturated carbocycles. The minimum absolute atomic E-state index is 0.273. The van der Waals surface area contributed by atoms with E-state index in [1.165, 1.54) is 4.90 Å². The number of anilines is 1. The maximum Gasteiger partial charge on any atom is 0.326 e. The molecule has 7 nitrogen and oxygen atoms in total. The van der Waals surface area contributed by atoms with Gasteiger partial charge in [0.05, 0.1) is 12.6 Å². The standard InChI is InChI=1S/C22H25N3O4/c1-15-7-5-10-17(13-15)24-22(29)23-14-20(26)25-18(16-8-3-2-4-9-16)11-6-12-19(25)21(27)28/h2-5,7-10,13,18-19H,6,11-12,14H2,1H3,(H,27,28)(H2,23,24,29). The molecular formula is C22H25N3O4. The first-order chi connectivity index (χ1) is 14.0. The number of urea groups is 1. The number of nitrogens with zero attached hydrogens (tertiary/aromatic N) is 1. The van der Waals surface area contributed by atoms with Gasteiger partial charge in [-0.25, -0.2) is 9.59 Å². The summed E-state index contributed by atoms with van der Waals surface area (Å²) in [6, 6.07) is 15.0. The fraction of sp³-hybridized carbons (Fsp3) is 0.318. The first kappa shape index (κ1) is 20.4. The molecule has 0 spiro atoms. The monoisotopic (exact) mass is 395 g/mol. The molecule has 2 aromatic carbocycles. The molecule has 1 fully saturated rings. The van der Waals surface area contributed by atoms with Gasteiger partial charge in [0.1, 0.15) is 6.04 Å². The van der Waals surface area contributed by atoms with Crippen LogP contribution >= 0.6 is 0 Å². The highest BCUT2D eigenvalue weighted by Gasteiger charge is 2.38. The number of carboxylic acids is 1. The molecule has 7 heteroatoms. The van der Waals surface area contributed by atoms with Crippen LogP contribution in [0.15, 0.2) is 54.6 Å². The molecule has 0 aromatic heterocycles. The van der Waals surface area contributed by atoms with Gasteiger partial charge < -0.3 is 20.6 Å². The minimum atomic E-state index is -1.02. The summed E-state index contributed by atoms with van der Waals surface area (Å²) in [5.41, 5.74) is 2.52. The smallest absolute Gasteiger partial charge is 0.326 e. The van der Waals surface area contributed by atoms with Crippen LogP contribution in [-0.4, -0.2) is 40.5 Å². The van der Waals surface area contributed by atoms with Crippen molar-refractivity contribution >= 4 is 23.6 Å². The summed E-state index contributed by atoms with van der Waals surface area (Å²) < 4.78 is 0. The van der Waals surface area contributed by atoms with Gasteiger partial charge in [0.2, 0.25) is 5.91 Å². The summed E-state index contributed by atoms with van der Waals surface area (Å²) in [5.74, 6) is -1.44. The van der Waals surface area contributed by atoms with E-state index in [4.69, 9.17) is 0 Å². The summed E-state index contributed by atoms with van der Waals surface area (Å²) in [7, 11) is 0. The Morgan fingerprint density at radius 3 is 2.52 bits per heavy atom. The van der Waals surface area contributed by atoms with Crippen molar-refractivity contribution in [3.05, 3.63) is 65.7 Å². The topological polar surface area (TPSA) is 98.7 Å². The van der Waals surface area contributed by atoms with Gasteiger partial charge >= 0.3 is 12.0 Å². The van der Waals surface area contributed by atoms with E-state index in [2.05, 4.69) is 10.6 Å². The third kappa shape index (κ3) is 5.13. The maximum absolute atomic E-state index is 12.9. The second kappa shape index (κ2) is 9.23. The van der Waals surface area contributed by atoms with Gasteiger partial charge in [0.25, 0.3) is 0 Å². The van der Waals surface area contributed by atoms with E-state index >= 15 is 0 Å². The van der Waals surface area contributed by atoms with Crippen LogP contribution in [0.4, 0.5) is 10.5 Å². The summed E-state index contributed by atoms with van der Waals surface area (Å²) in [5, 5.41) is 14.9. The van der Waals surface area contributed by atoms with E-state index in [1.54, 1.807) is 6.07 Å². The lowest BCUT2D eigenvalue weighted by molar-refractivity contribution is -0.154. The zero-order valence-electron chi connectivity index (χ0n) is 16.3. The first-order valence-corrected chi connectivity index (χ1v) is 9.66. The zero-order valence-corrected chi connectivity index (χ0v) is 16.3. The van der Waals surface area contributed by atoms with E-state index in [1.807, 2.05) is 55.5 Å². The average Bonchev–Trinajstić information content (AvgIpc) is 2.72. The van der Waals surface area contributed by atoms with Crippen LogP contribution in [0.25, 0.3) is 0 Å². The quantitative estimate of drug-likeness (QED) is 0.723. The Morgan fingerprint density at radius 1 is 1.07 bits per heavy atom. The van der Waals surface area contributed by atoms with Gasteiger partial charge in [-0.1, -0.05) is 42.5 Å². The summed E-state index contributed by atoms with van der Waals surface area (Å²) in [4.78, 5) is 38.3. The number of aliphatic carboxylic acids is 1. The molecule has 152 valence electrons. The molecule has 0 radical (unpaired) electrons. The molecule has 3 N–H and O–H groups in total. The van der Waals surface area contributed by atoms with E-state index in [0.29, 0.717) is 18.5 Å². The predicted octanol–water partition coefficient (Wildman–Crippen LogP) is 3.32. The molecule has 1 saturated heterocycles. The average molecular weight is 395 g/mol.